The molecule has 0 saturated carbocycles. The van der Waals surface area contributed by atoms with Gasteiger partial charge in [0.2, 0.25) is 0 Å². The van der Waals surface area contributed by atoms with Gasteiger partial charge in [-0.15, -0.1) is 22.7 Å². The van der Waals surface area contributed by atoms with Gasteiger partial charge in [0.15, 0.2) is 0 Å². The zero-order chi connectivity index (χ0) is 39.6. The van der Waals surface area contributed by atoms with Crippen LogP contribution in [0.2, 0.25) is 0 Å². The summed E-state index contributed by atoms with van der Waals surface area (Å²) < 4.78 is 10.2. The Hall–Kier alpha value is -7.31. The number of rotatable bonds is 7. The van der Waals surface area contributed by atoms with Gasteiger partial charge in [0.1, 0.15) is 16.2 Å². The third kappa shape index (κ3) is 5.74. The molecule has 60 heavy (non-hydrogen) atoms. The summed E-state index contributed by atoms with van der Waals surface area (Å²) in [6.07, 6.45) is 0. The van der Waals surface area contributed by atoms with Crippen LogP contribution < -0.4 is 4.90 Å². The van der Waals surface area contributed by atoms with Crippen molar-refractivity contribution in [3.8, 4) is 44.0 Å². The van der Waals surface area contributed by atoms with Crippen molar-refractivity contribution in [3.05, 3.63) is 206 Å². The second kappa shape index (κ2) is 14.2. The number of hydrogen-bond donors (Lipinski definition) is 0. The van der Waals surface area contributed by atoms with Gasteiger partial charge in [-0.1, -0.05) is 152 Å². The van der Waals surface area contributed by atoms with Gasteiger partial charge in [-0.05, 0) is 76.9 Å². The zero-order valence-electron chi connectivity index (χ0n) is 32.2. The third-order valence-corrected chi connectivity index (χ3v) is 13.8. The van der Waals surface area contributed by atoms with Crippen molar-refractivity contribution in [2.45, 2.75) is 0 Å². The van der Waals surface area contributed by atoms with Crippen molar-refractivity contribution in [2.75, 3.05) is 4.90 Å². The van der Waals surface area contributed by atoms with Gasteiger partial charge in [-0.3, -0.25) is 0 Å². The molecule has 12 aromatic rings. The molecule has 0 aliphatic carbocycles. The molecule has 0 saturated heterocycles. The predicted molar refractivity (Wildman–Crippen MR) is 256 cm³/mol. The minimum absolute atomic E-state index is 0.903. The summed E-state index contributed by atoms with van der Waals surface area (Å²) in [7, 11) is 0. The summed E-state index contributed by atoms with van der Waals surface area (Å²) in [5, 5.41) is 5.85. The lowest BCUT2D eigenvalue weighted by molar-refractivity contribution is 0.670. The highest BCUT2D eigenvalue weighted by atomic mass is 32.1. The molecule has 3 aromatic heterocycles. The van der Waals surface area contributed by atoms with Crippen molar-refractivity contribution in [1.82, 2.24) is 4.98 Å². The topological polar surface area (TPSA) is 29.3 Å². The maximum atomic E-state index is 6.44. The number of hydrogen-bond acceptors (Lipinski definition) is 5. The highest BCUT2D eigenvalue weighted by Gasteiger charge is 2.23. The lowest BCUT2D eigenvalue weighted by Gasteiger charge is -2.27. The summed E-state index contributed by atoms with van der Waals surface area (Å²) in [6.45, 7) is 0. The van der Waals surface area contributed by atoms with Crippen molar-refractivity contribution < 1.29 is 4.42 Å². The molecule has 3 heterocycles. The van der Waals surface area contributed by atoms with Crippen LogP contribution in [0, 0.1) is 0 Å². The molecule has 0 spiro atoms. The van der Waals surface area contributed by atoms with Crippen LogP contribution in [0.15, 0.2) is 211 Å². The van der Waals surface area contributed by atoms with Gasteiger partial charge in [0.25, 0.3) is 0 Å². The first kappa shape index (κ1) is 34.7. The first-order valence-corrected chi connectivity index (χ1v) is 21.7. The monoisotopic (exact) mass is 802 g/mol. The number of fused-ring (bicyclic) bond motifs is 7. The van der Waals surface area contributed by atoms with Gasteiger partial charge in [-0.2, -0.15) is 0 Å². The minimum Gasteiger partial charge on any atom is -0.455 e. The second-order valence-electron chi connectivity index (χ2n) is 15.1. The Morgan fingerprint density at radius 1 is 0.417 bits per heavy atom. The Morgan fingerprint density at radius 3 is 1.85 bits per heavy atom. The Balaban J connectivity index is 1.06. The fourth-order valence-electron chi connectivity index (χ4n) is 8.77. The standard InChI is InChI=1S/C55H34N2OS2/c1-4-15-35(16-5-1)46-33-40(31-32-43(46)52-51-45-22-11-13-26-49(45)59-50(51)34-47-54(52)60-55(56-47)37-17-6-2-7-18-37)57(38-19-8-3-9-20-38)39-29-27-36(28-30-39)41-23-14-24-44-42-21-10-12-25-48(42)58-53(41)44/h1-34H. The quantitative estimate of drug-likeness (QED) is 0.161. The average Bonchev–Trinajstić information content (AvgIpc) is 4.03. The molecule has 0 unspecified atom stereocenters. The van der Waals surface area contributed by atoms with E-state index in [9.17, 15) is 0 Å². The Morgan fingerprint density at radius 2 is 1.05 bits per heavy atom. The van der Waals surface area contributed by atoms with Gasteiger partial charge < -0.3 is 9.32 Å². The number of thiazole rings is 1. The number of anilines is 3. The van der Waals surface area contributed by atoms with Crippen LogP contribution in [-0.2, 0) is 0 Å². The normalized spacial score (nSPS) is 11.7. The van der Waals surface area contributed by atoms with Crippen molar-refractivity contribution in [3.63, 3.8) is 0 Å². The average molecular weight is 803 g/mol. The summed E-state index contributed by atoms with van der Waals surface area (Å²) in [5.74, 6) is 0. The summed E-state index contributed by atoms with van der Waals surface area (Å²) in [6, 6.07) is 73.7. The van der Waals surface area contributed by atoms with Crippen molar-refractivity contribution in [2.24, 2.45) is 0 Å². The molecule has 0 fully saturated rings. The molecule has 0 aliphatic heterocycles. The molecule has 0 amide bonds. The molecule has 12 rings (SSSR count). The Bertz CT molecular complexity index is 3530. The molecule has 0 N–H and O–H groups in total. The number of aromatic nitrogens is 1. The molecule has 0 radical (unpaired) electrons. The van der Waals surface area contributed by atoms with Crippen molar-refractivity contribution >= 4 is 92.1 Å². The molecule has 0 aliphatic rings. The molecular weight excluding hydrogens is 769 g/mol. The van der Waals surface area contributed by atoms with Crippen LogP contribution in [0.1, 0.15) is 0 Å². The summed E-state index contributed by atoms with van der Waals surface area (Å²) in [4.78, 5) is 7.64. The lowest BCUT2D eigenvalue weighted by atomic mass is 9.91. The largest absolute Gasteiger partial charge is 0.455 e. The van der Waals surface area contributed by atoms with Crippen LogP contribution in [0.25, 0.3) is 96.3 Å². The minimum atomic E-state index is 0.903. The second-order valence-corrected chi connectivity index (χ2v) is 17.1. The maximum Gasteiger partial charge on any atom is 0.143 e. The maximum absolute atomic E-state index is 6.44. The third-order valence-electron chi connectivity index (χ3n) is 11.5. The fraction of sp³-hybridized carbons (Fsp3) is 0. The van der Waals surface area contributed by atoms with Gasteiger partial charge in [0, 0.05) is 64.7 Å². The smallest absolute Gasteiger partial charge is 0.143 e. The SMILES string of the molecule is c1ccc(-c2nc3cc4sc5ccccc5c4c(-c4ccc(N(c5ccccc5)c5ccc(-c6cccc7c6oc6ccccc67)cc5)cc4-c4ccccc4)c3s2)cc1. The van der Waals surface area contributed by atoms with E-state index in [1.165, 1.54) is 41.6 Å². The van der Waals surface area contributed by atoms with Crippen molar-refractivity contribution in [1.29, 1.82) is 0 Å². The molecule has 282 valence electrons. The van der Waals surface area contributed by atoms with Crippen LogP contribution in [-0.4, -0.2) is 4.98 Å². The van der Waals surface area contributed by atoms with E-state index >= 15 is 0 Å². The van der Waals surface area contributed by atoms with Crippen LogP contribution in [0.3, 0.4) is 0 Å². The number of furan rings is 1. The van der Waals surface area contributed by atoms with E-state index in [0.717, 1.165) is 71.8 Å². The van der Waals surface area contributed by atoms with Crippen LogP contribution >= 0.6 is 22.7 Å². The molecule has 0 atom stereocenters. The van der Waals surface area contributed by atoms with Crippen LogP contribution in [0.5, 0.6) is 0 Å². The highest BCUT2D eigenvalue weighted by molar-refractivity contribution is 7.26. The Labute approximate surface area is 354 Å². The van der Waals surface area contributed by atoms with E-state index in [-0.39, 0.29) is 0 Å². The molecule has 9 aromatic carbocycles. The van der Waals surface area contributed by atoms with Gasteiger partial charge in [-0.25, -0.2) is 4.98 Å². The van der Waals surface area contributed by atoms with Crippen LogP contribution in [0.4, 0.5) is 17.1 Å². The summed E-state index contributed by atoms with van der Waals surface area (Å²) >= 11 is 3.63. The Kier molecular flexibility index (Phi) is 8.22. The lowest BCUT2D eigenvalue weighted by Crippen LogP contribution is -2.10. The molecule has 5 heteroatoms. The highest BCUT2D eigenvalue weighted by Crippen LogP contribution is 2.50. The number of thiophene rings is 1. The van der Waals surface area contributed by atoms with E-state index < -0.39 is 0 Å². The predicted octanol–water partition coefficient (Wildman–Crippen LogP) is 16.7. The molecule has 3 nitrogen and oxygen atoms in total. The van der Waals surface area contributed by atoms with E-state index in [1.807, 2.05) is 23.5 Å². The molecule has 0 bridgehead atoms. The van der Waals surface area contributed by atoms with Gasteiger partial charge in [0.05, 0.1) is 10.2 Å². The number of benzene rings is 9. The zero-order valence-corrected chi connectivity index (χ0v) is 33.9. The number of para-hydroxylation sites is 3. The molecular formula is C55H34N2OS2. The van der Waals surface area contributed by atoms with E-state index in [0.29, 0.717) is 0 Å². The number of nitrogens with zero attached hydrogens (tertiary/aromatic N) is 2. The van der Waals surface area contributed by atoms with E-state index in [2.05, 4.69) is 199 Å². The van der Waals surface area contributed by atoms with E-state index in [4.69, 9.17) is 9.40 Å². The first-order chi connectivity index (χ1) is 29.7. The fourth-order valence-corrected chi connectivity index (χ4v) is 11.0. The first-order valence-electron chi connectivity index (χ1n) is 20.1. The van der Waals surface area contributed by atoms with Gasteiger partial charge >= 0.3 is 0 Å². The summed E-state index contributed by atoms with van der Waals surface area (Å²) in [5.41, 5.74) is 14.1. The van der Waals surface area contributed by atoms with E-state index in [1.54, 1.807) is 11.3 Å².